The highest BCUT2D eigenvalue weighted by atomic mass is 16.6. The third-order valence-electron chi connectivity index (χ3n) is 3.88. The molecule has 0 spiro atoms. The van der Waals surface area contributed by atoms with E-state index >= 15 is 0 Å². The molecular weight excluding hydrogens is 244 g/mol. The first-order valence-electron chi connectivity index (χ1n) is 6.74. The molecule has 0 aliphatic carbocycles. The van der Waals surface area contributed by atoms with Gasteiger partial charge in [-0.15, -0.1) is 0 Å². The summed E-state index contributed by atoms with van der Waals surface area (Å²) >= 11 is 0. The Labute approximate surface area is 113 Å². The molecule has 2 rings (SSSR count). The molecule has 1 fully saturated rings. The van der Waals surface area contributed by atoms with E-state index in [0.717, 1.165) is 25.9 Å². The summed E-state index contributed by atoms with van der Waals surface area (Å²) in [6.45, 7) is 5.51. The maximum atomic E-state index is 11.2. The normalized spacial score (nSPS) is 20.6. The van der Waals surface area contributed by atoms with Crippen LogP contribution in [0.5, 0.6) is 0 Å². The number of hydrogen-bond acceptors (Lipinski definition) is 4. The number of benzene rings is 1. The van der Waals surface area contributed by atoms with Gasteiger partial charge in [0.25, 0.3) is 5.69 Å². The lowest BCUT2D eigenvalue weighted by molar-refractivity contribution is -0.384. The quantitative estimate of drug-likeness (QED) is 0.670. The fourth-order valence-electron chi connectivity index (χ4n) is 2.60. The van der Waals surface area contributed by atoms with E-state index in [0.29, 0.717) is 17.2 Å². The molecule has 0 bridgehead atoms. The van der Waals surface area contributed by atoms with Crippen LogP contribution >= 0.6 is 0 Å². The number of nitro benzene ring substituents is 1. The average molecular weight is 264 g/mol. The molecule has 0 radical (unpaired) electrons. The largest absolute Gasteiger partial charge is 0.389 e. The molecule has 1 unspecified atom stereocenters. The minimum Gasteiger partial charge on any atom is -0.389 e. The molecule has 104 valence electrons. The van der Waals surface area contributed by atoms with Crippen molar-refractivity contribution in [1.82, 2.24) is 0 Å². The van der Waals surface area contributed by atoms with Gasteiger partial charge >= 0.3 is 0 Å². The average Bonchev–Trinajstić information content (AvgIpc) is 2.86. The fraction of sp³-hybridized carbons (Fsp3) is 0.571. The van der Waals surface area contributed by atoms with Crippen LogP contribution in [0, 0.1) is 16.0 Å². The van der Waals surface area contributed by atoms with Crippen molar-refractivity contribution in [3.8, 4) is 0 Å². The van der Waals surface area contributed by atoms with Crippen molar-refractivity contribution in [2.24, 2.45) is 5.92 Å². The smallest absolute Gasteiger partial charge is 0.292 e. The van der Waals surface area contributed by atoms with Gasteiger partial charge in [0.1, 0.15) is 5.69 Å². The topological polar surface area (TPSA) is 66.6 Å². The Morgan fingerprint density at radius 2 is 2.32 bits per heavy atom. The van der Waals surface area contributed by atoms with E-state index in [9.17, 15) is 15.2 Å². The summed E-state index contributed by atoms with van der Waals surface area (Å²) in [6.07, 6.45) is 1.51. The van der Waals surface area contributed by atoms with Gasteiger partial charge in [-0.25, -0.2) is 0 Å². The highest BCUT2D eigenvalue weighted by molar-refractivity contribution is 5.65. The van der Waals surface area contributed by atoms with Crippen LogP contribution in [0.25, 0.3) is 0 Å². The summed E-state index contributed by atoms with van der Waals surface area (Å²) in [5.41, 5.74) is 1.35. The van der Waals surface area contributed by atoms with E-state index in [1.54, 1.807) is 19.1 Å². The van der Waals surface area contributed by atoms with Crippen molar-refractivity contribution in [3.05, 3.63) is 33.9 Å². The summed E-state index contributed by atoms with van der Waals surface area (Å²) in [7, 11) is 0. The maximum absolute atomic E-state index is 11.2. The van der Waals surface area contributed by atoms with Gasteiger partial charge in [-0.05, 0) is 30.9 Å². The third-order valence-corrected chi connectivity index (χ3v) is 3.88. The van der Waals surface area contributed by atoms with Crippen LogP contribution in [-0.4, -0.2) is 23.1 Å². The molecule has 1 heterocycles. The van der Waals surface area contributed by atoms with Crippen molar-refractivity contribution in [2.45, 2.75) is 32.8 Å². The number of anilines is 1. The van der Waals surface area contributed by atoms with E-state index in [-0.39, 0.29) is 10.6 Å². The second-order valence-corrected chi connectivity index (χ2v) is 5.19. The van der Waals surface area contributed by atoms with Crippen LogP contribution in [-0.2, 0) is 0 Å². The molecule has 1 aromatic carbocycles. The van der Waals surface area contributed by atoms with Crippen LogP contribution in [0.1, 0.15) is 38.4 Å². The molecule has 1 N–H and O–H groups in total. The van der Waals surface area contributed by atoms with Gasteiger partial charge in [0, 0.05) is 19.2 Å². The second kappa shape index (κ2) is 5.57. The lowest BCUT2D eigenvalue weighted by atomic mass is 10.1. The zero-order chi connectivity index (χ0) is 14.0. The highest BCUT2D eigenvalue weighted by Crippen LogP contribution is 2.34. The van der Waals surface area contributed by atoms with E-state index in [1.807, 2.05) is 0 Å². The summed E-state index contributed by atoms with van der Waals surface area (Å²) < 4.78 is 0. The molecular formula is C14H20N2O3. The number of aliphatic hydroxyl groups excluding tert-OH is 1. The molecule has 5 nitrogen and oxygen atoms in total. The van der Waals surface area contributed by atoms with E-state index in [2.05, 4.69) is 11.8 Å². The third kappa shape index (κ3) is 2.87. The highest BCUT2D eigenvalue weighted by Gasteiger charge is 2.27. The van der Waals surface area contributed by atoms with Crippen LogP contribution in [0.3, 0.4) is 0 Å². The molecule has 0 aromatic heterocycles. The van der Waals surface area contributed by atoms with Crippen LogP contribution < -0.4 is 4.90 Å². The monoisotopic (exact) mass is 264 g/mol. The predicted octanol–water partition coefficient (Wildman–Crippen LogP) is 2.88. The first-order valence-corrected chi connectivity index (χ1v) is 6.74. The minimum absolute atomic E-state index is 0.0927. The zero-order valence-electron chi connectivity index (χ0n) is 11.4. The Bertz CT molecular complexity index is 474. The Morgan fingerprint density at radius 1 is 1.58 bits per heavy atom. The van der Waals surface area contributed by atoms with Crippen molar-refractivity contribution < 1.29 is 10.0 Å². The Morgan fingerprint density at radius 3 is 2.84 bits per heavy atom. The molecule has 1 aliphatic heterocycles. The van der Waals surface area contributed by atoms with Gasteiger partial charge in [0.05, 0.1) is 11.0 Å². The van der Waals surface area contributed by atoms with Gasteiger partial charge in [0.15, 0.2) is 0 Å². The van der Waals surface area contributed by atoms with Gasteiger partial charge in [0.2, 0.25) is 0 Å². The summed E-state index contributed by atoms with van der Waals surface area (Å²) in [4.78, 5) is 12.9. The fourth-order valence-corrected chi connectivity index (χ4v) is 2.60. The lowest BCUT2D eigenvalue weighted by Crippen LogP contribution is -2.20. The minimum atomic E-state index is -0.685. The molecule has 2 atom stereocenters. The second-order valence-electron chi connectivity index (χ2n) is 5.19. The molecule has 0 amide bonds. The molecule has 1 aliphatic rings. The Kier molecular flexibility index (Phi) is 4.04. The first-order chi connectivity index (χ1) is 9.02. The lowest BCUT2D eigenvalue weighted by Gasteiger charge is -2.19. The maximum Gasteiger partial charge on any atom is 0.292 e. The Hall–Kier alpha value is -1.62. The van der Waals surface area contributed by atoms with Crippen LogP contribution in [0.15, 0.2) is 18.2 Å². The number of nitro groups is 1. The van der Waals surface area contributed by atoms with Gasteiger partial charge in [-0.1, -0.05) is 19.4 Å². The van der Waals surface area contributed by atoms with E-state index < -0.39 is 6.10 Å². The van der Waals surface area contributed by atoms with Gasteiger partial charge in [-0.2, -0.15) is 0 Å². The van der Waals surface area contributed by atoms with Gasteiger partial charge < -0.3 is 10.0 Å². The molecule has 0 saturated carbocycles. The summed E-state index contributed by atoms with van der Waals surface area (Å²) in [6, 6.07) is 5.02. The number of nitrogens with zero attached hydrogens (tertiary/aromatic N) is 2. The number of hydrogen-bond donors (Lipinski definition) is 1. The van der Waals surface area contributed by atoms with Crippen molar-refractivity contribution in [3.63, 3.8) is 0 Å². The standard InChI is InChI=1S/C14H20N2O3/c1-3-11-6-7-15(9-11)13-5-4-12(10(2)17)8-14(13)16(18)19/h4-5,8,10-11,17H,3,6-7,9H2,1-2H3/t10-,11?/m1/s1. The van der Waals surface area contributed by atoms with Crippen LogP contribution in [0.2, 0.25) is 0 Å². The zero-order valence-corrected chi connectivity index (χ0v) is 11.4. The van der Waals surface area contributed by atoms with Crippen molar-refractivity contribution >= 4 is 11.4 Å². The van der Waals surface area contributed by atoms with Crippen molar-refractivity contribution in [1.29, 1.82) is 0 Å². The molecule has 5 heteroatoms. The molecule has 1 aromatic rings. The predicted molar refractivity (Wildman–Crippen MR) is 74.3 cm³/mol. The molecule has 1 saturated heterocycles. The SMILES string of the molecule is CCC1CCN(c2ccc([C@@H](C)O)cc2[N+](=O)[O-])C1. The first kappa shape index (κ1) is 13.8. The van der Waals surface area contributed by atoms with E-state index in [4.69, 9.17) is 0 Å². The summed E-state index contributed by atoms with van der Waals surface area (Å²) in [5, 5.41) is 20.7. The number of aliphatic hydroxyl groups is 1. The van der Waals surface area contributed by atoms with Crippen LogP contribution in [0.4, 0.5) is 11.4 Å². The summed E-state index contributed by atoms with van der Waals surface area (Å²) in [5.74, 6) is 0.621. The van der Waals surface area contributed by atoms with E-state index in [1.165, 1.54) is 6.07 Å². The van der Waals surface area contributed by atoms with Gasteiger partial charge in [-0.3, -0.25) is 10.1 Å². The molecule has 19 heavy (non-hydrogen) atoms. The number of rotatable bonds is 4. The van der Waals surface area contributed by atoms with Crippen molar-refractivity contribution in [2.75, 3.05) is 18.0 Å². The Balaban J connectivity index is 2.32.